The Morgan fingerprint density at radius 1 is 1.20 bits per heavy atom. The number of piperidine rings is 1. The molecule has 1 aliphatic heterocycles. The van der Waals surface area contributed by atoms with E-state index in [4.69, 9.17) is 0 Å². The molecule has 15 heavy (non-hydrogen) atoms. The molecule has 1 heterocycles. The van der Waals surface area contributed by atoms with Gasteiger partial charge in [0.2, 0.25) is 10.0 Å². The summed E-state index contributed by atoms with van der Waals surface area (Å²) in [4.78, 5) is 0. The Hall–Kier alpha value is -0.130. The number of hydrogen-bond acceptors (Lipinski definition) is 3. The summed E-state index contributed by atoms with van der Waals surface area (Å²) in [5.74, 6) is 0.708. The van der Waals surface area contributed by atoms with Gasteiger partial charge in [0.05, 0.1) is 5.75 Å². The van der Waals surface area contributed by atoms with E-state index in [1.807, 2.05) is 0 Å². The van der Waals surface area contributed by atoms with Gasteiger partial charge in [-0.2, -0.15) is 0 Å². The molecular formula is C10H20N2O2S. The van der Waals surface area contributed by atoms with E-state index in [0.29, 0.717) is 17.7 Å². The maximum absolute atomic E-state index is 12.0. The lowest BCUT2D eigenvalue weighted by atomic mass is 10.0. The van der Waals surface area contributed by atoms with Crippen LogP contribution in [-0.2, 0) is 10.0 Å². The molecule has 0 unspecified atom stereocenters. The van der Waals surface area contributed by atoms with Crippen molar-refractivity contribution in [1.82, 2.24) is 9.62 Å². The summed E-state index contributed by atoms with van der Waals surface area (Å²) in [6, 6.07) is 0.303. The molecule has 0 aromatic heterocycles. The second-order valence-electron chi connectivity index (χ2n) is 4.72. The SMILES string of the molecule is CN(C1CC1)S(=O)(=O)CC1CCNCC1. The first-order valence-electron chi connectivity index (χ1n) is 5.76. The van der Waals surface area contributed by atoms with Crippen LogP contribution in [0.15, 0.2) is 0 Å². The smallest absolute Gasteiger partial charge is 0.214 e. The van der Waals surface area contributed by atoms with Crippen molar-refractivity contribution >= 4 is 10.0 Å². The van der Waals surface area contributed by atoms with E-state index in [1.54, 1.807) is 11.4 Å². The fraction of sp³-hybridized carbons (Fsp3) is 1.00. The van der Waals surface area contributed by atoms with Crippen LogP contribution in [0.25, 0.3) is 0 Å². The first-order valence-corrected chi connectivity index (χ1v) is 7.37. The van der Waals surface area contributed by atoms with Crippen LogP contribution in [0.5, 0.6) is 0 Å². The van der Waals surface area contributed by atoms with Gasteiger partial charge in [0.25, 0.3) is 0 Å². The quantitative estimate of drug-likeness (QED) is 0.764. The highest BCUT2D eigenvalue weighted by Crippen LogP contribution is 2.29. The van der Waals surface area contributed by atoms with Gasteiger partial charge in [-0.15, -0.1) is 0 Å². The molecule has 1 N–H and O–H groups in total. The summed E-state index contributed by atoms with van der Waals surface area (Å²) < 4.78 is 25.6. The van der Waals surface area contributed by atoms with Gasteiger partial charge < -0.3 is 5.32 Å². The molecule has 1 saturated carbocycles. The summed E-state index contributed by atoms with van der Waals surface area (Å²) in [7, 11) is -1.26. The highest BCUT2D eigenvalue weighted by atomic mass is 32.2. The maximum atomic E-state index is 12.0. The van der Waals surface area contributed by atoms with Crippen LogP contribution in [0.3, 0.4) is 0 Å². The molecule has 0 spiro atoms. The Balaban J connectivity index is 1.90. The number of hydrogen-bond donors (Lipinski definition) is 1. The third-order valence-electron chi connectivity index (χ3n) is 3.40. The Morgan fingerprint density at radius 3 is 2.33 bits per heavy atom. The first kappa shape index (κ1) is 11.4. The van der Waals surface area contributed by atoms with Crippen LogP contribution >= 0.6 is 0 Å². The number of nitrogens with zero attached hydrogens (tertiary/aromatic N) is 1. The molecule has 0 atom stereocenters. The molecule has 0 bridgehead atoms. The molecule has 5 heteroatoms. The van der Waals surface area contributed by atoms with E-state index < -0.39 is 10.0 Å². The van der Waals surface area contributed by atoms with Crippen LogP contribution in [0.1, 0.15) is 25.7 Å². The Morgan fingerprint density at radius 2 is 1.80 bits per heavy atom. The fourth-order valence-corrected chi connectivity index (χ4v) is 3.96. The summed E-state index contributed by atoms with van der Waals surface area (Å²) in [5, 5.41) is 3.26. The molecule has 4 nitrogen and oxygen atoms in total. The Labute approximate surface area is 92.1 Å². The Kier molecular flexibility index (Phi) is 3.33. The van der Waals surface area contributed by atoms with Gasteiger partial charge in [0.15, 0.2) is 0 Å². The standard InChI is InChI=1S/C10H20N2O2S/c1-12(10-2-3-10)15(13,14)8-9-4-6-11-7-5-9/h9-11H,2-8H2,1H3. The molecular weight excluding hydrogens is 212 g/mol. The van der Waals surface area contributed by atoms with E-state index in [2.05, 4.69) is 5.32 Å². The highest BCUT2D eigenvalue weighted by molar-refractivity contribution is 7.89. The second-order valence-corrected chi connectivity index (χ2v) is 6.79. The monoisotopic (exact) mass is 232 g/mol. The van der Waals surface area contributed by atoms with Crippen LogP contribution in [-0.4, -0.2) is 44.7 Å². The van der Waals surface area contributed by atoms with Gasteiger partial charge >= 0.3 is 0 Å². The molecule has 88 valence electrons. The van der Waals surface area contributed by atoms with Crippen molar-refractivity contribution in [3.63, 3.8) is 0 Å². The minimum Gasteiger partial charge on any atom is -0.317 e. The van der Waals surface area contributed by atoms with Gasteiger partial charge in [-0.1, -0.05) is 0 Å². The molecule has 0 amide bonds. The molecule has 0 radical (unpaired) electrons. The van der Waals surface area contributed by atoms with Gasteiger partial charge in [-0.25, -0.2) is 12.7 Å². The van der Waals surface area contributed by atoms with Crippen molar-refractivity contribution < 1.29 is 8.42 Å². The van der Waals surface area contributed by atoms with Crippen LogP contribution in [0.2, 0.25) is 0 Å². The third kappa shape index (κ3) is 2.92. The minimum absolute atomic E-state index is 0.303. The van der Waals surface area contributed by atoms with E-state index in [-0.39, 0.29) is 0 Å². The van der Waals surface area contributed by atoms with E-state index >= 15 is 0 Å². The van der Waals surface area contributed by atoms with Gasteiger partial charge in [0, 0.05) is 13.1 Å². The normalized spacial score (nSPS) is 24.7. The van der Waals surface area contributed by atoms with Crippen molar-refractivity contribution in [2.24, 2.45) is 5.92 Å². The molecule has 1 saturated heterocycles. The van der Waals surface area contributed by atoms with Crippen LogP contribution in [0, 0.1) is 5.92 Å². The predicted octanol–water partition coefficient (Wildman–Crippen LogP) is 0.410. The van der Waals surface area contributed by atoms with Crippen molar-refractivity contribution in [2.45, 2.75) is 31.7 Å². The number of sulfonamides is 1. The average molecular weight is 232 g/mol. The lowest BCUT2D eigenvalue weighted by molar-refractivity contribution is 0.388. The maximum Gasteiger partial charge on any atom is 0.214 e. The van der Waals surface area contributed by atoms with Crippen LogP contribution < -0.4 is 5.32 Å². The van der Waals surface area contributed by atoms with Gasteiger partial charge in [-0.05, 0) is 44.7 Å². The molecule has 0 aromatic rings. The van der Waals surface area contributed by atoms with Crippen LogP contribution in [0.4, 0.5) is 0 Å². The largest absolute Gasteiger partial charge is 0.317 e. The molecule has 2 rings (SSSR count). The zero-order chi connectivity index (χ0) is 10.9. The van der Waals surface area contributed by atoms with E-state index in [1.165, 1.54) is 0 Å². The zero-order valence-corrected chi connectivity index (χ0v) is 10.1. The average Bonchev–Trinajstić information content (AvgIpc) is 3.00. The first-order chi connectivity index (χ1) is 7.09. The number of nitrogens with one attached hydrogen (secondary N) is 1. The van der Waals surface area contributed by atoms with Crippen molar-refractivity contribution in [2.75, 3.05) is 25.9 Å². The summed E-state index contributed by atoms with van der Waals surface area (Å²) in [6.45, 7) is 1.93. The lowest BCUT2D eigenvalue weighted by Gasteiger charge is -2.25. The topological polar surface area (TPSA) is 49.4 Å². The van der Waals surface area contributed by atoms with E-state index in [0.717, 1.165) is 38.8 Å². The minimum atomic E-state index is -2.99. The van der Waals surface area contributed by atoms with Crippen molar-refractivity contribution in [1.29, 1.82) is 0 Å². The molecule has 1 aliphatic carbocycles. The lowest BCUT2D eigenvalue weighted by Crippen LogP contribution is -2.37. The highest BCUT2D eigenvalue weighted by Gasteiger charge is 2.35. The Bertz CT molecular complexity index is 305. The summed E-state index contributed by atoms with van der Waals surface area (Å²) in [5.41, 5.74) is 0. The van der Waals surface area contributed by atoms with Gasteiger partial charge in [0.1, 0.15) is 0 Å². The van der Waals surface area contributed by atoms with Gasteiger partial charge in [-0.3, -0.25) is 0 Å². The molecule has 0 aromatic carbocycles. The molecule has 2 fully saturated rings. The fourth-order valence-electron chi connectivity index (χ4n) is 2.13. The number of rotatable bonds is 4. The zero-order valence-electron chi connectivity index (χ0n) is 9.28. The van der Waals surface area contributed by atoms with E-state index in [9.17, 15) is 8.42 Å². The predicted molar refractivity (Wildman–Crippen MR) is 60.2 cm³/mol. The summed E-state index contributed by atoms with van der Waals surface area (Å²) >= 11 is 0. The molecule has 2 aliphatic rings. The third-order valence-corrected chi connectivity index (χ3v) is 5.47. The summed E-state index contributed by atoms with van der Waals surface area (Å²) in [6.07, 6.45) is 4.08. The van der Waals surface area contributed by atoms with Crippen molar-refractivity contribution in [3.8, 4) is 0 Å². The van der Waals surface area contributed by atoms with Crippen molar-refractivity contribution in [3.05, 3.63) is 0 Å². The second kappa shape index (κ2) is 4.39.